The van der Waals surface area contributed by atoms with Gasteiger partial charge in [-0.3, -0.25) is 4.79 Å². The summed E-state index contributed by atoms with van der Waals surface area (Å²) in [5.41, 5.74) is 2.63. The van der Waals surface area contributed by atoms with Crippen molar-refractivity contribution < 1.29 is 4.79 Å². The normalized spacial score (nSPS) is 14.8. The number of imidazole rings is 1. The van der Waals surface area contributed by atoms with Gasteiger partial charge in [0.1, 0.15) is 0 Å². The predicted molar refractivity (Wildman–Crippen MR) is 92.6 cm³/mol. The van der Waals surface area contributed by atoms with Gasteiger partial charge in [-0.25, -0.2) is 4.98 Å². The average Bonchev–Trinajstić information content (AvgIpc) is 3.36. The van der Waals surface area contributed by atoms with Crippen LogP contribution < -0.4 is 5.32 Å². The number of carbonyl (C=O) groups is 1. The summed E-state index contributed by atoms with van der Waals surface area (Å²) in [4.78, 5) is 16.7. The highest BCUT2D eigenvalue weighted by atomic mass is 16.1. The van der Waals surface area contributed by atoms with E-state index in [1.54, 1.807) is 12.5 Å². The Bertz CT molecular complexity index is 815. The van der Waals surface area contributed by atoms with Crippen LogP contribution in [0.25, 0.3) is 11.4 Å². The number of hydrogen-bond acceptors (Lipinski definition) is 2. The van der Waals surface area contributed by atoms with Gasteiger partial charge in [0.15, 0.2) is 0 Å². The van der Waals surface area contributed by atoms with Crippen LogP contribution in [0.1, 0.15) is 36.0 Å². The summed E-state index contributed by atoms with van der Waals surface area (Å²) in [6, 6.07) is 10.1. The third kappa shape index (κ3) is 2.85. The van der Waals surface area contributed by atoms with Crippen LogP contribution in [-0.2, 0) is 0 Å². The van der Waals surface area contributed by atoms with E-state index in [0.717, 1.165) is 24.2 Å². The number of nitrogens with one attached hydrogen (secondary N) is 1. The molecule has 5 nitrogen and oxygen atoms in total. The Kier molecular flexibility index (Phi) is 3.91. The lowest BCUT2D eigenvalue weighted by Gasteiger charge is -2.15. The Hall–Kier alpha value is -2.82. The molecule has 0 unspecified atom stereocenters. The number of aromatic nitrogens is 3. The van der Waals surface area contributed by atoms with Crippen molar-refractivity contribution in [3.8, 4) is 11.4 Å². The summed E-state index contributed by atoms with van der Waals surface area (Å²) in [5.74, 6) is 0.00693. The van der Waals surface area contributed by atoms with Crippen LogP contribution in [0.4, 0.5) is 0 Å². The van der Waals surface area contributed by atoms with Crippen molar-refractivity contribution in [1.29, 1.82) is 0 Å². The van der Waals surface area contributed by atoms with Gasteiger partial charge in [-0.15, -0.1) is 0 Å². The number of rotatable bonds is 4. The summed E-state index contributed by atoms with van der Waals surface area (Å²) in [5, 5.41) is 3.15. The van der Waals surface area contributed by atoms with Crippen LogP contribution >= 0.6 is 0 Å². The van der Waals surface area contributed by atoms with Gasteiger partial charge in [0.2, 0.25) is 0 Å². The highest BCUT2D eigenvalue weighted by Crippen LogP contribution is 2.22. The van der Waals surface area contributed by atoms with E-state index in [1.807, 2.05) is 58.1 Å². The summed E-state index contributed by atoms with van der Waals surface area (Å²) in [6.45, 7) is 0. The lowest BCUT2D eigenvalue weighted by molar-refractivity contribution is 0.0938. The lowest BCUT2D eigenvalue weighted by atomic mass is 10.1. The molecule has 122 valence electrons. The quantitative estimate of drug-likeness (QED) is 0.801. The Labute approximate surface area is 140 Å². The molecule has 2 heterocycles. The van der Waals surface area contributed by atoms with Crippen molar-refractivity contribution in [2.75, 3.05) is 0 Å². The fourth-order valence-corrected chi connectivity index (χ4v) is 3.33. The van der Waals surface area contributed by atoms with E-state index in [9.17, 15) is 4.79 Å². The molecule has 2 aromatic heterocycles. The van der Waals surface area contributed by atoms with E-state index in [1.165, 1.54) is 12.8 Å². The minimum Gasteiger partial charge on any atom is -0.349 e. The SMILES string of the molecule is O=C(NC1CCCC1)c1ccc(-n2ccnc2)c(-n2cccc2)c1. The van der Waals surface area contributed by atoms with Crippen LogP contribution in [-0.4, -0.2) is 26.1 Å². The Morgan fingerprint density at radius 2 is 1.83 bits per heavy atom. The fraction of sp³-hybridized carbons (Fsp3) is 0.263. The van der Waals surface area contributed by atoms with Crippen LogP contribution in [0.5, 0.6) is 0 Å². The molecule has 0 radical (unpaired) electrons. The van der Waals surface area contributed by atoms with E-state index >= 15 is 0 Å². The van der Waals surface area contributed by atoms with Crippen LogP contribution in [0.2, 0.25) is 0 Å². The fourth-order valence-electron chi connectivity index (χ4n) is 3.33. The van der Waals surface area contributed by atoms with Crippen molar-refractivity contribution in [3.05, 3.63) is 67.0 Å². The first kappa shape index (κ1) is 14.8. The smallest absolute Gasteiger partial charge is 0.251 e. The molecule has 0 atom stereocenters. The van der Waals surface area contributed by atoms with Crippen molar-refractivity contribution in [1.82, 2.24) is 19.4 Å². The molecule has 1 N–H and O–H groups in total. The largest absolute Gasteiger partial charge is 0.349 e. The Balaban J connectivity index is 1.69. The predicted octanol–water partition coefficient (Wildman–Crippen LogP) is 3.34. The topological polar surface area (TPSA) is 51.9 Å². The third-order valence-corrected chi connectivity index (χ3v) is 4.59. The first-order chi connectivity index (χ1) is 11.8. The minimum atomic E-state index is 0.00693. The van der Waals surface area contributed by atoms with Crippen LogP contribution in [0.3, 0.4) is 0 Å². The zero-order chi connectivity index (χ0) is 16.4. The maximum atomic E-state index is 12.6. The number of amides is 1. The molecule has 24 heavy (non-hydrogen) atoms. The molecule has 5 heteroatoms. The second kappa shape index (κ2) is 6.35. The van der Waals surface area contributed by atoms with Gasteiger partial charge in [0.25, 0.3) is 5.91 Å². The monoisotopic (exact) mass is 320 g/mol. The van der Waals surface area contributed by atoms with E-state index in [4.69, 9.17) is 0 Å². The molecule has 1 saturated carbocycles. The van der Waals surface area contributed by atoms with Crippen molar-refractivity contribution >= 4 is 5.91 Å². The van der Waals surface area contributed by atoms with E-state index in [0.29, 0.717) is 11.6 Å². The molecule has 0 spiro atoms. The van der Waals surface area contributed by atoms with E-state index in [-0.39, 0.29) is 5.91 Å². The average molecular weight is 320 g/mol. The molecule has 3 aromatic rings. The molecular weight excluding hydrogens is 300 g/mol. The molecule has 1 amide bonds. The van der Waals surface area contributed by atoms with E-state index in [2.05, 4.69) is 10.3 Å². The van der Waals surface area contributed by atoms with Gasteiger partial charge in [-0.1, -0.05) is 12.8 Å². The molecule has 1 aromatic carbocycles. The first-order valence-electron chi connectivity index (χ1n) is 8.38. The second-order valence-electron chi connectivity index (χ2n) is 6.22. The highest BCUT2D eigenvalue weighted by Gasteiger charge is 2.19. The maximum Gasteiger partial charge on any atom is 0.251 e. The summed E-state index contributed by atoms with van der Waals surface area (Å²) < 4.78 is 3.97. The molecule has 4 rings (SSSR count). The van der Waals surface area contributed by atoms with Gasteiger partial charge in [-0.05, 0) is 43.2 Å². The van der Waals surface area contributed by atoms with Crippen LogP contribution in [0.15, 0.2) is 61.4 Å². The van der Waals surface area contributed by atoms with Crippen LogP contribution in [0, 0.1) is 0 Å². The number of carbonyl (C=O) groups excluding carboxylic acids is 1. The molecule has 1 aliphatic rings. The summed E-state index contributed by atoms with van der Waals surface area (Å²) in [7, 11) is 0. The molecule has 1 aliphatic carbocycles. The number of hydrogen-bond donors (Lipinski definition) is 1. The van der Waals surface area contributed by atoms with Gasteiger partial charge < -0.3 is 14.5 Å². The molecule has 0 saturated heterocycles. The molecule has 1 fully saturated rings. The van der Waals surface area contributed by atoms with Crippen molar-refractivity contribution in [2.45, 2.75) is 31.7 Å². The van der Waals surface area contributed by atoms with Crippen molar-refractivity contribution in [2.24, 2.45) is 0 Å². The third-order valence-electron chi connectivity index (χ3n) is 4.59. The zero-order valence-electron chi connectivity index (χ0n) is 13.4. The standard InChI is InChI=1S/C19H20N4O/c24-19(21-16-5-1-2-6-16)15-7-8-17(23-12-9-20-14-23)18(13-15)22-10-3-4-11-22/h3-4,7-14,16H,1-2,5-6H2,(H,21,24). The molecule has 0 aliphatic heterocycles. The second-order valence-corrected chi connectivity index (χ2v) is 6.22. The Morgan fingerprint density at radius 3 is 2.54 bits per heavy atom. The van der Waals surface area contributed by atoms with Gasteiger partial charge in [0.05, 0.1) is 17.7 Å². The van der Waals surface area contributed by atoms with Crippen molar-refractivity contribution in [3.63, 3.8) is 0 Å². The maximum absolute atomic E-state index is 12.6. The van der Waals surface area contributed by atoms with Gasteiger partial charge in [0, 0.05) is 36.4 Å². The molecule has 0 bridgehead atoms. The summed E-state index contributed by atoms with van der Waals surface area (Å²) in [6.07, 6.45) is 14.0. The number of benzene rings is 1. The Morgan fingerprint density at radius 1 is 1.04 bits per heavy atom. The van der Waals surface area contributed by atoms with Gasteiger partial charge >= 0.3 is 0 Å². The molecular formula is C19H20N4O. The van der Waals surface area contributed by atoms with E-state index < -0.39 is 0 Å². The van der Waals surface area contributed by atoms with Gasteiger partial charge in [-0.2, -0.15) is 0 Å². The lowest BCUT2D eigenvalue weighted by Crippen LogP contribution is -2.32. The highest BCUT2D eigenvalue weighted by molar-refractivity contribution is 5.95. The number of nitrogens with zero attached hydrogens (tertiary/aromatic N) is 3. The zero-order valence-corrected chi connectivity index (χ0v) is 13.4. The first-order valence-corrected chi connectivity index (χ1v) is 8.38. The minimum absolute atomic E-state index is 0.00693. The summed E-state index contributed by atoms with van der Waals surface area (Å²) >= 11 is 0.